The van der Waals surface area contributed by atoms with E-state index in [2.05, 4.69) is 24.2 Å². The van der Waals surface area contributed by atoms with E-state index in [1.165, 1.54) is 20.0 Å². The number of anilines is 1. The number of likely N-dealkylation sites (tertiary alicyclic amines) is 1. The highest BCUT2D eigenvalue weighted by molar-refractivity contribution is 6.31. The molecule has 1 N–H and O–H groups in total. The van der Waals surface area contributed by atoms with E-state index in [4.69, 9.17) is 16.3 Å². The number of carbonyl (C=O) groups is 1. The average Bonchev–Trinajstić information content (AvgIpc) is 2.47. The monoisotopic (exact) mass is 310 g/mol. The van der Waals surface area contributed by atoms with Crippen LogP contribution < -0.4 is 5.32 Å². The number of esters is 1. The van der Waals surface area contributed by atoms with Gasteiger partial charge in [-0.2, -0.15) is 0 Å². The molecular weight excluding hydrogens is 288 g/mol. The minimum atomic E-state index is -0.343. The maximum Gasteiger partial charge on any atom is 0.339 e. The van der Waals surface area contributed by atoms with Gasteiger partial charge >= 0.3 is 5.97 Å². The first-order valence-corrected chi connectivity index (χ1v) is 7.72. The Morgan fingerprint density at radius 3 is 2.71 bits per heavy atom. The van der Waals surface area contributed by atoms with Gasteiger partial charge in [0.15, 0.2) is 0 Å². The number of nitrogens with zero attached hydrogens (tertiary/aromatic N) is 1. The summed E-state index contributed by atoms with van der Waals surface area (Å²) in [5.74, 6) is 0.260. The van der Waals surface area contributed by atoms with E-state index < -0.39 is 0 Å². The third kappa shape index (κ3) is 4.11. The van der Waals surface area contributed by atoms with Crippen molar-refractivity contribution in [1.82, 2.24) is 4.90 Å². The number of carbonyl (C=O) groups excluding carboxylic acids is 1. The highest BCUT2D eigenvalue weighted by Crippen LogP contribution is 2.27. The topological polar surface area (TPSA) is 41.6 Å². The summed E-state index contributed by atoms with van der Waals surface area (Å²) in [6.45, 7) is 4.41. The Morgan fingerprint density at radius 2 is 2.10 bits per heavy atom. The molecule has 1 aromatic carbocycles. The highest BCUT2D eigenvalue weighted by atomic mass is 35.5. The molecule has 4 nitrogen and oxygen atoms in total. The fraction of sp³-hybridized carbons (Fsp3) is 0.562. The molecule has 0 bridgehead atoms. The number of ether oxygens (including phenoxy) is 1. The molecule has 0 spiro atoms. The first-order chi connectivity index (χ1) is 10.0. The van der Waals surface area contributed by atoms with Gasteiger partial charge < -0.3 is 15.0 Å². The van der Waals surface area contributed by atoms with Crippen molar-refractivity contribution < 1.29 is 9.53 Å². The number of benzene rings is 1. The van der Waals surface area contributed by atoms with Crippen LogP contribution in [0.15, 0.2) is 18.2 Å². The van der Waals surface area contributed by atoms with E-state index in [-0.39, 0.29) is 5.97 Å². The molecule has 5 heteroatoms. The summed E-state index contributed by atoms with van der Waals surface area (Å²) in [7, 11) is 3.54. The van der Waals surface area contributed by atoms with Crippen LogP contribution in [0.5, 0.6) is 0 Å². The molecule has 1 unspecified atom stereocenters. The number of nitrogens with one attached hydrogen (secondary N) is 1. The van der Waals surface area contributed by atoms with Crippen LogP contribution in [0.25, 0.3) is 0 Å². The molecule has 1 saturated heterocycles. The van der Waals surface area contributed by atoms with E-state index in [0.717, 1.165) is 18.8 Å². The van der Waals surface area contributed by atoms with Crippen molar-refractivity contribution in [2.45, 2.75) is 25.8 Å². The predicted octanol–water partition coefficient (Wildman–Crippen LogP) is 3.27. The quantitative estimate of drug-likeness (QED) is 0.867. The standard InChI is InChI=1S/C16H23ClN2O2/c1-11(12-6-8-19(2)9-7-12)18-15-10-13(17)4-5-14(15)16(20)21-3/h4-5,10-12,18H,6-9H2,1-3H3. The Hall–Kier alpha value is -1.26. The Morgan fingerprint density at radius 1 is 1.43 bits per heavy atom. The zero-order chi connectivity index (χ0) is 15.4. The SMILES string of the molecule is COC(=O)c1ccc(Cl)cc1NC(C)C1CCN(C)CC1. The first kappa shape index (κ1) is 16.1. The summed E-state index contributed by atoms with van der Waals surface area (Å²) in [6.07, 6.45) is 2.33. The van der Waals surface area contributed by atoms with Crippen molar-refractivity contribution in [1.29, 1.82) is 0 Å². The molecule has 116 valence electrons. The van der Waals surface area contributed by atoms with Gasteiger partial charge in [-0.25, -0.2) is 4.79 Å². The molecule has 21 heavy (non-hydrogen) atoms. The summed E-state index contributed by atoms with van der Waals surface area (Å²) in [5.41, 5.74) is 1.28. The van der Waals surface area contributed by atoms with Gasteiger partial charge in [0.2, 0.25) is 0 Å². The molecule has 1 atom stereocenters. The number of methoxy groups -OCH3 is 1. The summed E-state index contributed by atoms with van der Waals surface area (Å²) in [5, 5.41) is 4.06. The summed E-state index contributed by atoms with van der Waals surface area (Å²) >= 11 is 6.05. The maximum atomic E-state index is 11.8. The Kier molecular flexibility index (Phi) is 5.48. The van der Waals surface area contributed by atoms with Crippen LogP contribution in [-0.2, 0) is 4.74 Å². The van der Waals surface area contributed by atoms with Crippen LogP contribution in [0.4, 0.5) is 5.69 Å². The van der Waals surface area contributed by atoms with Crippen LogP contribution in [0.2, 0.25) is 5.02 Å². The first-order valence-electron chi connectivity index (χ1n) is 7.34. The van der Waals surface area contributed by atoms with Gasteiger partial charge in [-0.05, 0) is 64.0 Å². The molecule has 0 radical (unpaired) electrons. The van der Waals surface area contributed by atoms with Crippen LogP contribution in [-0.4, -0.2) is 44.2 Å². The van der Waals surface area contributed by atoms with Gasteiger partial charge in [0.25, 0.3) is 0 Å². The van der Waals surface area contributed by atoms with Crippen molar-refractivity contribution in [2.24, 2.45) is 5.92 Å². The number of halogens is 1. The Balaban J connectivity index is 2.11. The highest BCUT2D eigenvalue weighted by Gasteiger charge is 2.23. The summed E-state index contributed by atoms with van der Waals surface area (Å²) < 4.78 is 4.83. The molecule has 1 aromatic rings. The van der Waals surface area contributed by atoms with Crippen molar-refractivity contribution in [3.8, 4) is 0 Å². The van der Waals surface area contributed by atoms with Gasteiger partial charge in [-0.1, -0.05) is 11.6 Å². The van der Waals surface area contributed by atoms with Gasteiger partial charge in [-0.3, -0.25) is 0 Å². The van der Waals surface area contributed by atoms with Crippen LogP contribution in [0, 0.1) is 5.92 Å². The summed E-state index contributed by atoms with van der Waals surface area (Å²) in [6, 6.07) is 5.50. The largest absolute Gasteiger partial charge is 0.465 e. The van der Waals surface area contributed by atoms with E-state index in [1.54, 1.807) is 18.2 Å². The van der Waals surface area contributed by atoms with E-state index in [9.17, 15) is 4.79 Å². The number of hydrogen-bond donors (Lipinski definition) is 1. The van der Waals surface area contributed by atoms with Gasteiger partial charge in [-0.15, -0.1) is 0 Å². The lowest BCUT2D eigenvalue weighted by molar-refractivity contribution is 0.0601. The lowest BCUT2D eigenvalue weighted by Crippen LogP contribution is -2.37. The number of rotatable bonds is 4. The molecule has 0 saturated carbocycles. The minimum Gasteiger partial charge on any atom is -0.465 e. The van der Waals surface area contributed by atoms with E-state index >= 15 is 0 Å². The van der Waals surface area contributed by atoms with E-state index in [1.807, 2.05) is 0 Å². The molecule has 2 rings (SSSR count). The molecule has 1 fully saturated rings. The summed E-state index contributed by atoms with van der Waals surface area (Å²) in [4.78, 5) is 14.2. The normalized spacial score (nSPS) is 18.3. The molecule has 0 amide bonds. The number of hydrogen-bond acceptors (Lipinski definition) is 4. The molecule has 0 aromatic heterocycles. The van der Waals surface area contributed by atoms with Gasteiger partial charge in [0, 0.05) is 11.1 Å². The zero-order valence-corrected chi connectivity index (χ0v) is 13.6. The molecule has 1 aliphatic rings. The van der Waals surface area contributed by atoms with Crippen LogP contribution in [0.1, 0.15) is 30.1 Å². The second kappa shape index (κ2) is 7.14. The Labute approximate surface area is 131 Å². The fourth-order valence-electron chi connectivity index (χ4n) is 2.82. The average molecular weight is 311 g/mol. The Bertz CT molecular complexity index is 499. The lowest BCUT2D eigenvalue weighted by Gasteiger charge is -2.33. The van der Waals surface area contributed by atoms with Crippen molar-refractivity contribution in [3.05, 3.63) is 28.8 Å². The molecule has 0 aliphatic carbocycles. The van der Waals surface area contributed by atoms with Crippen molar-refractivity contribution in [3.63, 3.8) is 0 Å². The lowest BCUT2D eigenvalue weighted by atomic mass is 9.90. The zero-order valence-electron chi connectivity index (χ0n) is 12.9. The molecular formula is C16H23ClN2O2. The smallest absolute Gasteiger partial charge is 0.339 e. The third-order valence-corrected chi connectivity index (χ3v) is 4.48. The number of piperidine rings is 1. The molecule has 1 aliphatic heterocycles. The van der Waals surface area contributed by atoms with Crippen LogP contribution >= 0.6 is 11.6 Å². The predicted molar refractivity (Wildman–Crippen MR) is 86.1 cm³/mol. The van der Waals surface area contributed by atoms with Crippen molar-refractivity contribution >= 4 is 23.3 Å². The second-order valence-electron chi connectivity index (χ2n) is 5.76. The van der Waals surface area contributed by atoms with Gasteiger partial charge in [0.1, 0.15) is 0 Å². The van der Waals surface area contributed by atoms with Gasteiger partial charge in [0.05, 0.1) is 18.4 Å². The fourth-order valence-corrected chi connectivity index (χ4v) is 2.99. The van der Waals surface area contributed by atoms with Crippen LogP contribution in [0.3, 0.4) is 0 Å². The maximum absolute atomic E-state index is 11.8. The minimum absolute atomic E-state index is 0.292. The second-order valence-corrected chi connectivity index (χ2v) is 6.19. The van der Waals surface area contributed by atoms with E-state index in [0.29, 0.717) is 22.5 Å². The third-order valence-electron chi connectivity index (χ3n) is 4.24. The van der Waals surface area contributed by atoms with Crippen molar-refractivity contribution in [2.75, 3.05) is 32.6 Å². The molecule has 1 heterocycles.